The molecule has 0 rings (SSSR count). The molecule has 0 aliphatic heterocycles. The van der Waals surface area contributed by atoms with Gasteiger partial charge in [0, 0.05) is 5.54 Å². The lowest BCUT2D eigenvalue weighted by Gasteiger charge is -2.24. The average Bonchev–Trinajstić information content (AvgIpc) is 2.57. The van der Waals surface area contributed by atoms with Crippen molar-refractivity contribution in [2.75, 3.05) is 0 Å². The SMILES string of the molecule is C=C(CCCCCCCCCCCCCCC)CCC(C)(N)CCC. The highest BCUT2D eigenvalue weighted by Gasteiger charge is 2.16. The van der Waals surface area contributed by atoms with Crippen molar-refractivity contribution in [3.8, 4) is 0 Å². The first-order valence-electron chi connectivity index (χ1n) is 11.5. The van der Waals surface area contributed by atoms with Gasteiger partial charge in [-0.1, -0.05) is 109 Å². The number of nitrogens with two attached hydrogens (primary N) is 1. The minimum atomic E-state index is 0.00763. The molecule has 0 spiro atoms. The van der Waals surface area contributed by atoms with Crippen LogP contribution < -0.4 is 5.73 Å². The van der Waals surface area contributed by atoms with Gasteiger partial charge in [-0.05, 0) is 39.0 Å². The first-order valence-corrected chi connectivity index (χ1v) is 11.5. The average molecular weight is 352 g/mol. The summed E-state index contributed by atoms with van der Waals surface area (Å²) in [4.78, 5) is 0. The molecule has 0 aromatic carbocycles. The summed E-state index contributed by atoms with van der Waals surface area (Å²) < 4.78 is 0. The Bertz CT molecular complexity index is 292. The highest BCUT2D eigenvalue weighted by Crippen LogP contribution is 2.21. The van der Waals surface area contributed by atoms with Gasteiger partial charge in [0.25, 0.3) is 0 Å². The first-order chi connectivity index (χ1) is 12.0. The lowest BCUT2D eigenvalue weighted by atomic mass is 9.89. The Morgan fingerprint density at radius 3 is 1.52 bits per heavy atom. The van der Waals surface area contributed by atoms with Gasteiger partial charge in [0.1, 0.15) is 0 Å². The second-order valence-electron chi connectivity index (χ2n) is 8.65. The fourth-order valence-corrected chi connectivity index (χ4v) is 3.68. The summed E-state index contributed by atoms with van der Waals surface area (Å²) in [5.74, 6) is 0. The van der Waals surface area contributed by atoms with Crippen LogP contribution in [0.2, 0.25) is 0 Å². The third-order valence-corrected chi connectivity index (χ3v) is 5.50. The molecule has 150 valence electrons. The van der Waals surface area contributed by atoms with E-state index in [4.69, 9.17) is 5.73 Å². The second kappa shape index (κ2) is 17.1. The van der Waals surface area contributed by atoms with Crippen molar-refractivity contribution in [1.29, 1.82) is 0 Å². The zero-order chi connectivity index (χ0) is 18.8. The van der Waals surface area contributed by atoms with Gasteiger partial charge in [0.05, 0.1) is 0 Å². The summed E-state index contributed by atoms with van der Waals surface area (Å²) in [5.41, 5.74) is 7.73. The van der Waals surface area contributed by atoms with Crippen molar-refractivity contribution in [1.82, 2.24) is 0 Å². The van der Waals surface area contributed by atoms with E-state index in [1.807, 2.05) is 0 Å². The molecule has 0 heterocycles. The van der Waals surface area contributed by atoms with Gasteiger partial charge in [-0.2, -0.15) is 0 Å². The lowest BCUT2D eigenvalue weighted by Crippen LogP contribution is -2.35. The van der Waals surface area contributed by atoms with Gasteiger partial charge in [0.15, 0.2) is 0 Å². The maximum Gasteiger partial charge on any atom is 0.0128 e. The maximum absolute atomic E-state index is 6.31. The molecule has 0 bridgehead atoms. The van der Waals surface area contributed by atoms with Crippen molar-refractivity contribution in [3.05, 3.63) is 12.2 Å². The molecule has 1 nitrogen and oxygen atoms in total. The number of hydrogen-bond donors (Lipinski definition) is 1. The first kappa shape index (κ1) is 24.7. The van der Waals surface area contributed by atoms with E-state index in [0.717, 1.165) is 19.3 Å². The molecule has 0 aliphatic carbocycles. The number of unbranched alkanes of at least 4 members (excludes halogenated alkanes) is 12. The Kier molecular flexibility index (Phi) is 16.9. The van der Waals surface area contributed by atoms with Crippen molar-refractivity contribution in [2.24, 2.45) is 5.73 Å². The summed E-state index contributed by atoms with van der Waals surface area (Å²) in [7, 11) is 0. The van der Waals surface area contributed by atoms with Crippen molar-refractivity contribution < 1.29 is 0 Å². The Balaban J connectivity index is 3.29. The van der Waals surface area contributed by atoms with Crippen LogP contribution in [0.3, 0.4) is 0 Å². The zero-order valence-electron chi connectivity index (χ0n) is 18.0. The molecule has 0 saturated carbocycles. The van der Waals surface area contributed by atoms with Crippen LogP contribution in [0.4, 0.5) is 0 Å². The van der Waals surface area contributed by atoms with Crippen LogP contribution in [0.25, 0.3) is 0 Å². The van der Waals surface area contributed by atoms with Gasteiger partial charge in [-0.25, -0.2) is 0 Å². The lowest BCUT2D eigenvalue weighted by molar-refractivity contribution is 0.394. The van der Waals surface area contributed by atoms with Crippen molar-refractivity contribution >= 4 is 0 Å². The highest BCUT2D eigenvalue weighted by atomic mass is 14.7. The normalized spacial score (nSPS) is 13.8. The minimum absolute atomic E-state index is 0.00763. The molecule has 0 aliphatic rings. The molecule has 1 heteroatoms. The predicted molar refractivity (Wildman–Crippen MR) is 116 cm³/mol. The maximum atomic E-state index is 6.31. The Hall–Kier alpha value is -0.300. The summed E-state index contributed by atoms with van der Waals surface area (Å²) >= 11 is 0. The van der Waals surface area contributed by atoms with Crippen LogP contribution in [-0.2, 0) is 0 Å². The quantitative estimate of drug-likeness (QED) is 0.184. The van der Waals surface area contributed by atoms with E-state index in [1.54, 1.807) is 0 Å². The van der Waals surface area contributed by atoms with Gasteiger partial charge < -0.3 is 5.73 Å². The molecule has 0 radical (unpaired) electrons. The zero-order valence-corrected chi connectivity index (χ0v) is 18.0. The molecule has 0 aromatic heterocycles. The summed E-state index contributed by atoms with van der Waals surface area (Å²) in [6.45, 7) is 11.0. The molecular formula is C24H49N. The van der Waals surface area contributed by atoms with E-state index < -0.39 is 0 Å². The Labute approximate surface area is 160 Å². The van der Waals surface area contributed by atoms with E-state index >= 15 is 0 Å². The van der Waals surface area contributed by atoms with E-state index in [9.17, 15) is 0 Å². The van der Waals surface area contributed by atoms with Gasteiger partial charge in [-0.3, -0.25) is 0 Å². The second-order valence-corrected chi connectivity index (χ2v) is 8.65. The van der Waals surface area contributed by atoms with E-state index in [-0.39, 0.29) is 5.54 Å². The third kappa shape index (κ3) is 18.3. The molecule has 0 aromatic rings. The number of allylic oxidation sites excluding steroid dienone is 1. The molecule has 1 atom stereocenters. The third-order valence-electron chi connectivity index (χ3n) is 5.50. The monoisotopic (exact) mass is 351 g/mol. The number of hydrogen-bond acceptors (Lipinski definition) is 1. The van der Waals surface area contributed by atoms with E-state index in [1.165, 1.54) is 102 Å². The van der Waals surface area contributed by atoms with Crippen molar-refractivity contribution in [2.45, 2.75) is 142 Å². The molecule has 25 heavy (non-hydrogen) atoms. The van der Waals surface area contributed by atoms with Crippen LogP contribution in [0.1, 0.15) is 136 Å². The Morgan fingerprint density at radius 2 is 1.08 bits per heavy atom. The van der Waals surface area contributed by atoms with Crippen molar-refractivity contribution in [3.63, 3.8) is 0 Å². The molecule has 1 unspecified atom stereocenters. The molecular weight excluding hydrogens is 302 g/mol. The summed E-state index contributed by atoms with van der Waals surface area (Å²) in [6, 6.07) is 0. The predicted octanol–water partition coefficient (Wildman–Crippen LogP) is 8.32. The molecule has 0 fully saturated rings. The summed E-state index contributed by atoms with van der Waals surface area (Å²) in [5, 5.41) is 0. The molecule has 0 amide bonds. The Morgan fingerprint density at radius 1 is 0.640 bits per heavy atom. The van der Waals surface area contributed by atoms with Gasteiger partial charge >= 0.3 is 0 Å². The van der Waals surface area contributed by atoms with Crippen LogP contribution in [-0.4, -0.2) is 5.54 Å². The molecule has 0 saturated heterocycles. The van der Waals surface area contributed by atoms with Crippen LogP contribution >= 0.6 is 0 Å². The highest BCUT2D eigenvalue weighted by molar-refractivity contribution is 4.96. The summed E-state index contributed by atoms with van der Waals surface area (Å²) in [6.07, 6.45) is 24.2. The van der Waals surface area contributed by atoms with E-state index in [2.05, 4.69) is 27.4 Å². The standard InChI is InChI=1S/C24H49N/c1-5-7-8-9-10-11-12-13-14-15-16-17-18-19-23(3)20-22-24(4,25)21-6-2/h3,5-22,25H2,1-2,4H3. The van der Waals surface area contributed by atoms with E-state index in [0.29, 0.717) is 0 Å². The fraction of sp³-hybridized carbons (Fsp3) is 0.917. The van der Waals surface area contributed by atoms with Gasteiger partial charge in [0.2, 0.25) is 0 Å². The topological polar surface area (TPSA) is 26.0 Å². The van der Waals surface area contributed by atoms with Gasteiger partial charge in [-0.15, -0.1) is 0 Å². The number of rotatable bonds is 19. The van der Waals surface area contributed by atoms with Crippen LogP contribution in [0, 0.1) is 0 Å². The smallest absolute Gasteiger partial charge is 0.0128 e. The largest absolute Gasteiger partial charge is 0.325 e. The minimum Gasteiger partial charge on any atom is -0.325 e. The fourth-order valence-electron chi connectivity index (χ4n) is 3.68. The van der Waals surface area contributed by atoms with Crippen LogP contribution in [0.15, 0.2) is 12.2 Å². The molecule has 2 N–H and O–H groups in total. The van der Waals surface area contributed by atoms with Crippen LogP contribution in [0.5, 0.6) is 0 Å².